The maximum atomic E-state index is 5.69. The fourth-order valence-corrected chi connectivity index (χ4v) is 1.70. The zero-order valence-corrected chi connectivity index (χ0v) is 9.46. The highest BCUT2D eigenvalue weighted by atomic mass is 79.9. The van der Waals surface area contributed by atoms with Gasteiger partial charge in [0, 0.05) is 17.2 Å². The van der Waals surface area contributed by atoms with Crippen LogP contribution in [0.15, 0.2) is 22.8 Å². The molecule has 0 saturated carbocycles. The van der Waals surface area contributed by atoms with E-state index < -0.39 is 0 Å². The summed E-state index contributed by atoms with van der Waals surface area (Å²) in [6.07, 6.45) is 3.27. The Morgan fingerprint density at radius 3 is 3.14 bits per heavy atom. The molecule has 4 heteroatoms. The van der Waals surface area contributed by atoms with Crippen molar-refractivity contribution in [2.45, 2.75) is 19.1 Å². The molecule has 0 spiro atoms. The third-order valence-electron chi connectivity index (χ3n) is 2.27. The van der Waals surface area contributed by atoms with Gasteiger partial charge in [0.1, 0.15) is 0 Å². The SMILES string of the molecule is Brc1ccc(COC2CCNC2)nc1. The summed E-state index contributed by atoms with van der Waals surface area (Å²) in [6, 6.07) is 3.96. The predicted molar refractivity (Wildman–Crippen MR) is 58.0 cm³/mol. The molecule has 0 amide bonds. The molecular weight excluding hydrogens is 244 g/mol. The third-order valence-corrected chi connectivity index (χ3v) is 2.74. The molecule has 1 unspecified atom stereocenters. The van der Waals surface area contributed by atoms with Crippen molar-refractivity contribution in [3.63, 3.8) is 0 Å². The van der Waals surface area contributed by atoms with E-state index in [1.807, 2.05) is 12.1 Å². The van der Waals surface area contributed by atoms with E-state index in [0.29, 0.717) is 12.7 Å². The van der Waals surface area contributed by atoms with Crippen LogP contribution in [0.2, 0.25) is 0 Å². The van der Waals surface area contributed by atoms with Crippen molar-refractivity contribution in [2.24, 2.45) is 0 Å². The molecule has 2 rings (SSSR count). The lowest BCUT2D eigenvalue weighted by Crippen LogP contribution is -2.16. The second kappa shape index (κ2) is 4.87. The summed E-state index contributed by atoms with van der Waals surface area (Å²) < 4.78 is 6.69. The molecule has 76 valence electrons. The van der Waals surface area contributed by atoms with Gasteiger partial charge < -0.3 is 10.1 Å². The van der Waals surface area contributed by atoms with E-state index in [2.05, 4.69) is 26.2 Å². The largest absolute Gasteiger partial charge is 0.371 e. The first kappa shape index (κ1) is 10.1. The quantitative estimate of drug-likeness (QED) is 0.895. The topological polar surface area (TPSA) is 34.1 Å². The smallest absolute Gasteiger partial charge is 0.0892 e. The van der Waals surface area contributed by atoms with Gasteiger partial charge in [0.05, 0.1) is 18.4 Å². The van der Waals surface area contributed by atoms with E-state index in [9.17, 15) is 0 Å². The minimum atomic E-state index is 0.362. The van der Waals surface area contributed by atoms with E-state index in [4.69, 9.17) is 4.74 Å². The number of aromatic nitrogens is 1. The normalized spacial score (nSPS) is 21.4. The summed E-state index contributed by atoms with van der Waals surface area (Å²) >= 11 is 3.35. The summed E-state index contributed by atoms with van der Waals surface area (Å²) in [5.41, 5.74) is 0.986. The molecule has 1 aromatic rings. The fraction of sp³-hybridized carbons (Fsp3) is 0.500. The summed E-state index contributed by atoms with van der Waals surface area (Å²) in [6.45, 7) is 2.65. The highest BCUT2D eigenvalue weighted by molar-refractivity contribution is 9.10. The average Bonchev–Trinajstić information content (AvgIpc) is 2.70. The minimum Gasteiger partial charge on any atom is -0.371 e. The minimum absolute atomic E-state index is 0.362. The summed E-state index contributed by atoms with van der Waals surface area (Å²) in [5, 5.41) is 3.26. The molecule has 1 aliphatic heterocycles. The van der Waals surface area contributed by atoms with Gasteiger partial charge in [0.25, 0.3) is 0 Å². The van der Waals surface area contributed by atoms with Gasteiger partial charge in [-0.2, -0.15) is 0 Å². The van der Waals surface area contributed by atoms with Crippen LogP contribution >= 0.6 is 15.9 Å². The van der Waals surface area contributed by atoms with Gasteiger partial charge in [-0.15, -0.1) is 0 Å². The van der Waals surface area contributed by atoms with Gasteiger partial charge in [-0.3, -0.25) is 4.98 Å². The molecule has 1 saturated heterocycles. The molecule has 2 heterocycles. The molecule has 3 nitrogen and oxygen atoms in total. The van der Waals surface area contributed by atoms with Crippen LogP contribution in [-0.2, 0) is 11.3 Å². The van der Waals surface area contributed by atoms with E-state index in [1.54, 1.807) is 6.20 Å². The van der Waals surface area contributed by atoms with Crippen LogP contribution in [0.4, 0.5) is 0 Å². The van der Waals surface area contributed by atoms with Gasteiger partial charge in [-0.25, -0.2) is 0 Å². The highest BCUT2D eigenvalue weighted by Gasteiger charge is 2.14. The molecule has 1 aliphatic rings. The van der Waals surface area contributed by atoms with E-state index in [0.717, 1.165) is 29.7 Å². The molecule has 0 bridgehead atoms. The van der Waals surface area contributed by atoms with Gasteiger partial charge >= 0.3 is 0 Å². The van der Waals surface area contributed by atoms with Crippen molar-refractivity contribution in [1.29, 1.82) is 0 Å². The lowest BCUT2D eigenvalue weighted by Gasteiger charge is -2.09. The number of nitrogens with zero attached hydrogens (tertiary/aromatic N) is 1. The van der Waals surface area contributed by atoms with Gasteiger partial charge in [0.2, 0.25) is 0 Å². The van der Waals surface area contributed by atoms with Crippen LogP contribution < -0.4 is 5.32 Å². The van der Waals surface area contributed by atoms with Crippen molar-refractivity contribution in [3.8, 4) is 0 Å². The Kier molecular flexibility index (Phi) is 3.50. The second-order valence-electron chi connectivity index (χ2n) is 3.39. The molecule has 0 aliphatic carbocycles. The average molecular weight is 257 g/mol. The third kappa shape index (κ3) is 2.77. The van der Waals surface area contributed by atoms with Crippen molar-refractivity contribution in [1.82, 2.24) is 10.3 Å². The van der Waals surface area contributed by atoms with Crippen molar-refractivity contribution in [3.05, 3.63) is 28.5 Å². The zero-order chi connectivity index (χ0) is 9.80. The van der Waals surface area contributed by atoms with Crippen molar-refractivity contribution >= 4 is 15.9 Å². The predicted octanol–water partition coefficient (Wildman–Crippen LogP) is 1.72. The van der Waals surface area contributed by atoms with Crippen LogP contribution in [-0.4, -0.2) is 24.2 Å². The van der Waals surface area contributed by atoms with Crippen LogP contribution in [0.3, 0.4) is 0 Å². The molecule has 1 fully saturated rings. The van der Waals surface area contributed by atoms with Gasteiger partial charge in [0.15, 0.2) is 0 Å². The maximum Gasteiger partial charge on any atom is 0.0892 e. The number of ether oxygens (including phenoxy) is 1. The van der Waals surface area contributed by atoms with E-state index in [1.165, 1.54) is 0 Å². The Morgan fingerprint density at radius 1 is 1.57 bits per heavy atom. The monoisotopic (exact) mass is 256 g/mol. The van der Waals surface area contributed by atoms with E-state index in [-0.39, 0.29) is 0 Å². The number of pyridine rings is 1. The fourth-order valence-electron chi connectivity index (χ4n) is 1.47. The number of halogens is 1. The van der Waals surface area contributed by atoms with Crippen LogP contribution in [0, 0.1) is 0 Å². The molecule has 1 N–H and O–H groups in total. The van der Waals surface area contributed by atoms with Crippen molar-refractivity contribution in [2.75, 3.05) is 13.1 Å². The van der Waals surface area contributed by atoms with Crippen LogP contribution in [0.1, 0.15) is 12.1 Å². The standard InChI is InChI=1S/C10H13BrN2O/c11-8-1-2-9(13-5-8)7-14-10-3-4-12-6-10/h1-2,5,10,12H,3-4,6-7H2. The second-order valence-corrected chi connectivity index (χ2v) is 4.31. The molecule has 14 heavy (non-hydrogen) atoms. The van der Waals surface area contributed by atoms with E-state index >= 15 is 0 Å². The Labute approximate surface area is 92.0 Å². The highest BCUT2D eigenvalue weighted by Crippen LogP contribution is 2.10. The first-order valence-electron chi connectivity index (χ1n) is 4.77. The zero-order valence-electron chi connectivity index (χ0n) is 7.87. The van der Waals surface area contributed by atoms with Crippen LogP contribution in [0.25, 0.3) is 0 Å². The Balaban J connectivity index is 1.82. The lowest BCUT2D eigenvalue weighted by molar-refractivity contribution is 0.0522. The van der Waals surface area contributed by atoms with Gasteiger partial charge in [-0.1, -0.05) is 0 Å². The maximum absolute atomic E-state index is 5.69. The molecule has 0 radical (unpaired) electrons. The molecule has 0 aromatic carbocycles. The molecule has 1 atom stereocenters. The lowest BCUT2D eigenvalue weighted by atomic mass is 10.3. The number of nitrogens with one attached hydrogen (secondary N) is 1. The molecule has 1 aromatic heterocycles. The summed E-state index contributed by atoms with van der Waals surface area (Å²) in [5.74, 6) is 0. The first-order valence-corrected chi connectivity index (χ1v) is 5.56. The number of hydrogen-bond acceptors (Lipinski definition) is 3. The van der Waals surface area contributed by atoms with Crippen molar-refractivity contribution < 1.29 is 4.74 Å². The Bertz CT molecular complexity index is 283. The first-order chi connectivity index (χ1) is 6.84. The Morgan fingerprint density at radius 2 is 2.50 bits per heavy atom. The number of hydrogen-bond donors (Lipinski definition) is 1. The Hall–Kier alpha value is -0.450. The number of rotatable bonds is 3. The van der Waals surface area contributed by atoms with Crippen LogP contribution in [0.5, 0.6) is 0 Å². The summed E-state index contributed by atoms with van der Waals surface area (Å²) in [4.78, 5) is 4.25. The van der Waals surface area contributed by atoms with Gasteiger partial charge in [-0.05, 0) is 41.0 Å². The summed E-state index contributed by atoms with van der Waals surface area (Å²) in [7, 11) is 0. The molecular formula is C10H13BrN2O.